The monoisotopic (exact) mass is 256 g/mol. The Morgan fingerprint density at radius 1 is 0.947 bits per heavy atom. The Labute approximate surface area is 112 Å². The molecule has 0 fully saturated rings. The number of aliphatic carboxylic acids is 1. The van der Waals surface area contributed by atoms with E-state index in [0.717, 1.165) is 24.2 Å². The van der Waals surface area contributed by atoms with Crippen molar-refractivity contribution in [2.24, 2.45) is 0 Å². The minimum Gasteiger partial charge on any atom is -0.481 e. The zero-order valence-corrected chi connectivity index (χ0v) is 10.5. The molecular weight excluding hydrogens is 240 g/mol. The molecule has 0 spiro atoms. The van der Waals surface area contributed by atoms with Crippen LogP contribution in [0.25, 0.3) is 0 Å². The average Bonchev–Trinajstić information content (AvgIpc) is 2.41. The molecule has 0 aliphatic rings. The number of nitrogens with zero attached hydrogens (tertiary/aromatic N) is 1. The van der Waals surface area contributed by atoms with E-state index in [4.69, 9.17) is 5.11 Å². The zero-order chi connectivity index (χ0) is 13.5. The Hall–Kier alpha value is -2.20. The Balaban J connectivity index is 1.81. The maximum atomic E-state index is 10.6. The lowest BCUT2D eigenvalue weighted by atomic mass is 10.1. The molecule has 0 aliphatic carbocycles. The Bertz CT molecular complexity index is 524. The lowest BCUT2D eigenvalue weighted by Gasteiger charge is -2.05. The minimum atomic E-state index is -0.802. The quantitative estimate of drug-likeness (QED) is 0.829. The third kappa shape index (κ3) is 4.52. The van der Waals surface area contributed by atoms with Crippen molar-refractivity contribution in [3.63, 3.8) is 0 Å². The van der Waals surface area contributed by atoms with Gasteiger partial charge in [0.05, 0.1) is 6.42 Å². The molecule has 1 aromatic heterocycles. The summed E-state index contributed by atoms with van der Waals surface area (Å²) < 4.78 is 0. The number of rotatable bonds is 6. The van der Waals surface area contributed by atoms with Crippen molar-refractivity contribution >= 4 is 5.97 Å². The first-order chi connectivity index (χ1) is 9.24. The van der Waals surface area contributed by atoms with E-state index in [1.54, 1.807) is 12.4 Å². The third-order valence-electron chi connectivity index (χ3n) is 2.79. The standard InChI is InChI=1S/C15H16N2O2/c18-15(19)9-12-1-3-13(4-2-12)10-17-11-14-5-7-16-8-6-14/h1-8,17H,9-11H2,(H,18,19). The molecule has 2 aromatic rings. The maximum absolute atomic E-state index is 10.6. The van der Waals surface area contributed by atoms with E-state index >= 15 is 0 Å². The summed E-state index contributed by atoms with van der Waals surface area (Å²) in [5, 5.41) is 12.0. The number of hydrogen-bond donors (Lipinski definition) is 2. The first kappa shape index (κ1) is 13.2. The molecule has 0 unspecified atom stereocenters. The Morgan fingerprint density at radius 2 is 1.47 bits per heavy atom. The van der Waals surface area contributed by atoms with Crippen molar-refractivity contribution in [2.75, 3.05) is 0 Å². The van der Waals surface area contributed by atoms with Crippen LogP contribution >= 0.6 is 0 Å². The lowest BCUT2D eigenvalue weighted by Crippen LogP contribution is -2.12. The van der Waals surface area contributed by atoms with Crippen molar-refractivity contribution in [3.8, 4) is 0 Å². The minimum absolute atomic E-state index is 0.0741. The number of carbonyl (C=O) groups is 1. The van der Waals surface area contributed by atoms with Gasteiger partial charge >= 0.3 is 5.97 Å². The van der Waals surface area contributed by atoms with Gasteiger partial charge in [-0.15, -0.1) is 0 Å². The van der Waals surface area contributed by atoms with Crippen LogP contribution in [-0.4, -0.2) is 16.1 Å². The zero-order valence-electron chi connectivity index (χ0n) is 10.5. The van der Waals surface area contributed by atoms with Gasteiger partial charge in [0.25, 0.3) is 0 Å². The van der Waals surface area contributed by atoms with Crippen molar-refractivity contribution in [2.45, 2.75) is 19.5 Å². The number of pyridine rings is 1. The van der Waals surface area contributed by atoms with E-state index in [1.807, 2.05) is 36.4 Å². The van der Waals surface area contributed by atoms with Gasteiger partial charge in [0, 0.05) is 25.5 Å². The van der Waals surface area contributed by atoms with Gasteiger partial charge in [-0.05, 0) is 28.8 Å². The Morgan fingerprint density at radius 3 is 2.05 bits per heavy atom. The number of aromatic nitrogens is 1. The van der Waals surface area contributed by atoms with Crippen LogP contribution in [0.2, 0.25) is 0 Å². The molecule has 0 atom stereocenters. The van der Waals surface area contributed by atoms with Gasteiger partial charge in [0.1, 0.15) is 0 Å². The van der Waals surface area contributed by atoms with E-state index in [-0.39, 0.29) is 6.42 Å². The summed E-state index contributed by atoms with van der Waals surface area (Å²) in [7, 11) is 0. The molecule has 0 bridgehead atoms. The van der Waals surface area contributed by atoms with Crippen molar-refractivity contribution in [3.05, 3.63) is 65.5 Å². The van der Waals surface area contributed by atoms with Crippen LogP contribution in [-0.2, 0) is 24.3 Å². The fourth-order valence-corrected chi connectivity index (χ4v) is 1.80. The number of hydrogen-bond acceptors (Lipinski definition) is 3. The van der Waals surface area contributed by atoms with E-state index in [2.05, 4.69) is 10.3 Å². The van der Waals surface area contributed by atoms with Crippen LogP contribution in [0.5, 0.6) is 0 Å². The third-order valence-corrected chi connectivity index (χ3v) is 2.79. The molecule has 0 amide bonds. The molecule has 19 heavy (non-hydrogen) atoms. The first-order valence-corrected chi connectivity index (χ1v) is 6.13. The SMILES string of the molecule is O=C(O)Cc1ccc(CNCc2ccncc2)cc1. The summed E-state index contributed by atoms with van der Waals surface area (Å²) in [4.78, 5) is 14.5. The Kier molecular flexibility index (Phi) is 4.64. The number of nitrogens with one attached hydrogen (secondary N) is 1. The van der Waals surface area contributed by atoms with Crippen LogP contribution < -0.4 is 5.32 Å². The van der Waals surface area contributed by atoms with Gasteiger partial charge in [0.2, 0.25) is 0 Å². The second kappa shape index (κ2) is 6.66. The summed E-state index contributed by atoms with van der Waals surface area (Å²) in [6.45, 7) is 1.55. The van der Waals surface area contributed by atoms with Gasteiger partial charge < -0.3 is 10.4 Å². The topological polar surface area (TPSA) is 62.2 Å². The fourth-order valence-electron chi connectivity index (χ4n) is 1.80. The maximum Gasteiger partial charge on any atom is 0.307 e. The highest BCUT2D eigenvalue weighted by atomic mass is 16.4. The lowest BCUT2D eigenvalue weighted by molar-refractivity contribution is -0.136. The molecule has 0 saturated carbocycles. The van der Waals surface area contributed by atoms with Crippen LogP contribution in [0.15, 0.2) is 48.8 Å². The number of carboxylic acid groups (broad SMARTS) is 1. The highest BCUT2D eigenvalue weighted by Crippen LogP contribution is 2.05. The van der Waals surface area contributed by atoms with E-state index in [0.29, 0.717) is 0 Å². The predicted octanol–water partition coefficient (Wildman–Crippen LogP) is 2.00. The molecule has 1 heterocycles. The van der Waals surface area contributed by atoms with Crippen LogP contribution in [0.3, 0.4) is 0 Å². The second-order valence-electron chi connectivity index (χ2n) is 4.35. The van der Waals surface area contributed by atoms with E-state index in [9.17, 15) is 4.79 Å². The molecule has 4 nitrogen and oxygen atoms in total. The van der Waals surface area contributed by atoms with Gasteiger partial charge in [-0.1, -0.05) is 24.3 Å². The molecule has 2 N–H and O–H groups in total. The van der Waals surface area contributed by atoms with Crippen molar-refractivity contribution in [1.29, 1.82) is 0 Å². The van der Waals surface area contributed by atoms with Crippen LogP contribution in [0, 0.1) is 0 Å². The van der Waals surface area contributed by atoms with Crippen LogP contribution in [0.1, 0.15) is 16.7 Å². The molecular formula is C15H16N2O2. The first-order valence-electron chi connectivity index (χ1n) is 6.13. The van der Waals surface area contributed by atoms with Gasteiger partial charge in [-0.3, -0.25) is 9.78 Å². The second-order valence-corrected chi connectivity index (χ2v) is 4.35. The predicted molar refractivity (Wildman–Crippen MR) is 72.6 cm³/mol. The summed E-state index contributed by atoms with van der Waals surface area (Å²) >= 11 is 0. The average molecular weight is 256 g/mol. The fraction of sp³-hybridized carbons (Fsp3) is 0.200. The molecule has 0 radical (unpaired) electrons. The normalized spacial score (nSPS) is 10.3. The highest BCUT2D eigenvalue weighted by molar-refractivity contribution is 5.70. The molecule has 4 heteroatoms. The highest BCUT2D eigenvalue weighted by Gasteiger charge is 2.00. The molecule has 0 aliphatic heterocycles. The summed E-state index contributed by atoms with van der Waals surface area (Å²) in [5.74, 6) is -0.802. The van der Waals surface area contributed by atoms with Gasteiger partial charge in [0.15, 0.2) is 0 Å². The number of carboxylic acids is 1. The van der Waals surface area contributed by atoms with E-state index < -0.39 is 5.97 Å². The summed E-state index contributed by atoms with van der Waals surface area (Å²) in [6, 6.07) is 11.6. The molecule has 2 rings (SSSR count). The van der Waals surface area contributed by atoms with Crippen LogP contribution in [0.4, 0.5) is 0 Å². The smallest absolute Gasteiger partial charge is 0.307 e. The largest absolute Gasteiger partial charge is 0.481 e. The van der Waals surface area contributed by atoms with Crippen molar-refractivity contribution < 1.29 is 9.90 Å². The molecule has 1 aromatic carbocycles. The summed E-state index contributed by atoms with van der Waals surface area (Å²) in [6.07, 6.45) is 3.63. The summed E-state index contributed by atoms with van der Waals surface area (Å²) in [5.41, 5.74) is 3.16. The van der Waals surface area contributed by atoms with Gasteiger partial charge in [-0.2, -0.15) is 0 Å². The number of benzene rings is 1. The molecule has 98 valence electrons. The van der Waals surface area contributed by atoms with E-state index in [1.165, 1.54) is 5.56 Å². The van der Waals surface area contributed by atoms with Gasteiger partial charge in [-0.25, -0.2) is 0 Å². The molecule has 0 saturated heterocycles. The van der Waals surface area contributed by atoms with Crippen molar-refractivity contribution in [1.82, 2.24) is 10.3 Å².